The molecule has 0 heterocycles. The molecule has 5 heteroatoms. The minimum atomic E-state index is -4.08. The molecule has 94 valence electrons. The molecule has 1 atom stereocenters. The van der Waals surface area contributed by atoms with E-state index in [9.17, 15) is 18.0 Å². The lowest BCUT2D eigenvalue weighted by molar-refractivity contribution is -0.184. The summed E-state index contributed by atoms with van der Waals surface area (Å²) in [5.74, 6) is -2.35. The van der Waals surface area contributed by atoms with Crippen LogP contribution in [-0.2, 0) is 4.79 Å². The zero-order valence-corrected chi connectivity index (χ0v) is 9.26. The summed E-state index contributed by atoms with van der Waals surface area (Å²) < 4.78 is 37.1. The average molecular weight is 238 g/mol. The van der Waals surface area contributed by atoms with Crippen LogP contribution < -0.4 is 0 Å². The van der Waals surface area contributed by atoms with E-state index in [1.807, 2.05) is 0 Å². The molecule has 1 unspecified atom stereocenters. The van der Waals surface area contributed by atoms with E-state index in [1.165, 1.54) is 0 Å². The van der Waals surface area contributed by atoms with Crippen molar-refractivity contribution in [3.05, 3.63) is 0 Å². The van der Waals surface area contributed by atoms with Gasteiger partial charge < -0.3 is 5.11 Å². The molecule has 0 radical (unpaired) electrons. The van der Waals surface area contributed by atoms with E-state index in [0.717, 1.165) is 0 Å². The Morgan fingerprint density at radius 2 is 1.81 bits per heavy atom. The molecule has 1 saturated carbocycles. The third-order valence-corrected chi connectivity index (χ3v) is 3.42. The van der Waals surface area contributed by atoms with E-state index in [4.69, 9.17) is 5.11 Å². The van der Waals surface area contributed by atoms with Crippen molar-refractivity contribution in [3.63, 3.8) is 0 Å². The van der Waals surface area contributed by atoms with Crippen LogP contribution >= 0.6 is 0 Å². The van der Waals surface area contributed by atoms with E-state index in [0.29, 0.717) is 19.3 Å². The topological polar surface area (TPSA) is 37.3 Å². The SMILES string of the molecule is CC(CC1CCC(C(F)(F)F)CC1)C(=O)O. The highest BCUT2D eigenvalue weighted by molar-refractivity contribution is 5.69. The smallest absolute Gasteiger partial charge is 0.391 e. The zero-order chi connectivity index (χ0) is 12.3. The predicted molar refractivity (Wildman–Crippen MR) is 52.9 cm³/mol. The molecular weight excluding hydrogens is 221 g/mol. The molecule has 0 aromatic carbocycles. The van der Waals surface area contributed by atoms with Gasteiger partial charge >= 0.3 is 12.1 Å². The van der Waals surface area contributed by atoms with Gasteiger partial charge in [-0.3, -0.25) is 4.79 Å². The second kappa shape index (κ2) is 5.06. The quantitative estimate of drug-likeness (QED) is 0.817. The van der Waals surface area contributed by atoms with Crippen molar-refractivity contribution in [1.29, 1.82) is 0 Å². The van der Waals surface area contributed by atoms with Gasteiger partial charge in [0.2, 0.25) is 0 Å². The van der Waals surface area contributed by atoms with Crippen molar-refractivity contribution in [2.24, 2.45) is 17.8 Å². The maximum Gasteiger partial charge on any atom is 0.391 e. The fraction of sp³-hybridized carbons (Fsp3) is 0.909. The van der Waals surface area contributed by atoms with E-state index in [-0.39, 0.29) is 18.8 Å². The van der Waals surface area contributed by atoms with Crippen LogP contribution in [0, 0.1) is 17.8 Å². The van der Waals surface area contributed by atoms with Gasteiger partial charge in [0.05, 0.1) is 11.8 Å². The summed E-state index contributed by atoms with van der Waals surface area (Å²) in [5.41, 5.74) is 0. The summed E-state index contributed by atoms with van der Waals surface area (Å²) in [4.78, 5) is 10.6. The number of halogens is 3. The van der Waals surface area contributed by atoms with E-state index in [1.54, 1.807) is 6.92 Å². The van der Waals surface area contributed by atoms with Gasteiger partial charge in [0, 0.05) is 0 Å². The molecule has 0 amide bonds. The van der Waals surface area contributed by atoms with Crippen molar-refractivity contribution in [2.45, 2.75) is 45.2 Å². The Bertz CT molecular complexity index is 242. The molecule has 0 aliphatic heterocycles. The van der Waals surface area contributed by atoms with Gasteiger partial charge in [-0.15, -0.1) is 0 Å². The van der Waals surface area contributed by atoms with Gasteiger partial charge in [-0.1, -0.05) is 6.92 Å². The van der Waals surface area contributed by atoms with Crippen LogP contribution in [0.4, 0.5) is 13.2 Å². The number of hydrogen-bond acceptors (Lipinski definition) is 1. The van der Waals surface area contributed by atoms with Crippen molar-refractivity contribution in [1.82, 2.24) is 0 Å². The lowest BCUT2D eigenvalue weighted by atomic mass is 9.78. The van der Waals surface area contributed by atoms with Crippen LogP contribution in [0.5, 0.6) is 0 Å². The summed E-state index contributed by atoms with van der Waals surface area (Å²) in [6.07, 6.45) is -2.27. The van der Waals surface area contributed by atoms with E-state index < -0.39 is 24.0 Å². The highest BCUT2D eigenvalue weighted by Gasteiger charge is 2.41. The molecule has 1 rings (SSSR count). The second-order valence-electron chi connectivity index (χ2n) is 4.73. The van der Waals surface area contributed by atoms with Crippen molar-refractivity contribution in [3.8, 4) is 0 Å². The minimum absolute atomic E-state index is 0.143. The highest BCUT2D eigenvalue weighted by atomic mass is 19.4. The maximum absolute atomic E-state index is 12.4. The lowest BCUT2D eigenvalue weighted by Crippen LogP contribution is -2.28. The molecule has 1 aliphatic rings. The fourth-order valence-corrected chi connectivity index (χ4v) is 2.33. The largest absolute Gasteiger partial charge is 0.481 e. The minimum Gasteiger partial charge on any atom is -0.481 e. The van der Waals surface area contributed by atoms with E-state index in [2.05, 4.69) is 0 Å². The molecule has 0 spiro atoms. The number of carboxylic acid groups (broad SMARTS) is 1. The number of carboxylic acids is 1. The first kappa shape index (κ1) is 13.3. The summed E-state index contributed by atoms with van der Waals surface area (Å²) in [6.45, 7) is 1.61. The number of alkyl halides is 3. The Hall–Kier alpha value is -0.740. The van der Waals surface area contributed by atoms with Crippen LogP contribution in [0.2, 0.25) is 0 Å². The molecule has 1 fully saturated rings. The third-order valence-electron chi connectivity index (χ3n) is 3.42. The molecule has 0 bridgehead atoms. The third kappa shape index (κ3) is 3.68. The monoisotopic (exact) mass is 238 g/mol. The van der Waals surface area contributed by atoms with Gasteiger partial charge in [0.25, 0.3) is 0 Å². The lowest BCUT2D eigenvalue weighted by Gasteiger charge is -2.30. The maximum atomic E-state index is 12.4. The van der Waals surface area contributed by atoms with Gasteiger partial charge in [0.15, 0.2) is 0 Å². The number of rotatable bonds is 3. The first-order valence-corrected chi connectivity index (χ1v) is 5.60. The second-order valence-corrected chi connectivity index (χ2v) is 4.73. The fourth-order valence-electron chi connectivity index (χ4n) is 2.33. The Labute approximate surface area is 92.8 Å². The first-order chi connectivity index (χ1) is 7.30. The van der Waals surface area contributed by atoms with Gasteiger partial charge in [-0.05, 0) is 38.0 Å². The van der Waals surface area contributed by atoms with Gasteiger partial charge in [0.1, 0.15) is 0 Å². The molecule has 0 aromatic heterocycles. The number of aliphatic carboxylic acids is 1. The summed E-state index contributed by atoms with van der Waals surface area (Å²) in [6, 6.07) is 0. The molecule has 2 nitrogen and oxygen atoms in total. The van der Waals surface area contributed by atoms with Crippen LogP contribution in [0.25, 0.3) is 0 Å². The highest BCUT2D eigenvalue weighted by Crippen LogP contribution is 2.41. The van der Waals surface area contributed by atoms with Crippen molar-refractivity contribution < 1.29 is 23.1 Å². The van der Waals surface area contributed by atoms with Crippen molar-refractivity contribution in [2.75, 3.05) is 0 Å². The van der Waals surface area contributed by atoms with E-state index >= 15 is 0 Å². The normalized spacial score (nSPS) is 28.8. The van der Waals surface area contributed by atoms with Crippen LogP contribution in [-0.4, -0.2) is 17.3 Å². The van der Waals surface area contributed by atoms with Crippen LogP contribution in [0.3, 0.4) is 0 Å². The zero-order valence-electron chi connectivity index (χ0n) is 9.26. The molecule has 1 aliphatic carbocycles. The first-order valence-electron chi connectivity index (χ1n) is 5.60. The molecule has 1 N–H and O–H groups in total. The average Bonchev–Trinajstić information content (AvgIpc) is 2.17. The Morgan fingerprint density at radius 1 is 1.31 bits per heavy atom. The summed E-state index contributed by atoms with van der Waals surface area (Å²) in [7, 11) is 0. The Kier molecular flexibility index (Phi) is 4.21. The molecule has 16 heavy (non-hydrogen) atoms. The summed E-state index contributed by atoms with van der Waals surface area (Å²) in [5, 5.41) is 8.71. The number of hydrogen-bond donors (Lipinski definition) is 1. The molecule has 0 aromatic rings. The van der Waals surface area contributed by atoms with Gasteiger partial charge in [-0.25, -0.2) is 0 Å². The summed E-state index contributed by atoms with van der Waals surface area (Å²) >= 11 is 0. The van der Waals surface area contributed by atoms with Crippen LogP contribution in [0.1, 0.15) is 39.0 Å². The molecule has 0 saturated heterocycles. The standard InChI is InChI=1S/C11H17F3O2/c1-7(10(15)16)6-8-2-4-9(5-3-8)11(12,13)14/h7-9H,2-6H2,1H3,(H,15,16). The Morgan fingerprint density at radius 3 is 2.19 bits per heavy atom. The Balaban J connectivity index is 2.35. The van der Waals surface area contributed by atoms with Crippen LogP contribution in [0.15, 0.2) is 0 Å². The molecular formula is C11H17F3O2. The van der Waals surface area contributed by atoms with Gasteiger partial charge in [-0.2, -0.15) is 13.2 Å². The number of carbonyl (C=O) groups is 1. The van der Waals surface area contributed by atoms with Crippen molar-refractivity contribution >= 4 is 5.97 Å². The predicted octanol–water partition coefficient (Wildman–Crippen LogP) is 3.47.